The van der Waals surface area contributed by atoms with Gasteiger partial charge in [-0.3, -0.25) is 4.98 Å². The van der Waals surface area contributed by atoms with Gasteiger partial charge in [0.15, 0.2) is 5.01 Å². The van der Waals surface area contributed by atoms with Crippen molar-refractivity contribution in [3.05, 3.63) is 52.6 Å². The summed E-state index contributed by atoms with van der Waals surface area (Å²) in [5, 5.41) is 12.5. The summed E-state index contributed by atoms with van der Waals surface area (Å²) in [5.74, 6) is 0.501. The van der Waals surface area contributed by atoms with Gasteiger partial charge in [0.1, 0.15) is 5.69 Å². The summed E-state index contributed by atoms with van der Waals surface area (Å²) < 4.78 is 1.21. The maximum atomic E-state index is 6.09. The molecule has 0 unspecified atom stereocenters. The second-order valence-corrected chi connectivity index (χ2v) is 8.98. The third kappa shape index (κ3) is 3.42. The Hall–Kier alpha value is -2.09. The highest BCUT2D eigenvalue weighted by Gasteiger charge is 2.25. The second kappa shape index (κ2) is 7.14. The van der Waals surface area contributed by atoms with E-state index in [4.69, 9.17) is 16.6 Å². The van der Waals surface area contributed by atoms with E-state index in [1.54, 1.807) is 28.9 Å². The predicted octanol–water partition coefficient (Wildman–Crippen LogP) is 5.25. The van der Waals surface area contributed by atoms with Gasteiger partial charge >= 0.3 is 0 Å². The summed E-state index contributed by atoms with van der Waals surface area (Å²) in [6.45, 7) is 1.94. The minimum atomic E-state index is 0.501. The standard InChI is InChI=1S/C19H16ClN5S2/c20-13-4-5-16-15(11-13)22-17(26-16)12-6-9-25(10-7-12)19-24-23-18(27-19)14-3-1-2-8-21-14/h1-5,8,11-12H,6-7,9-10H2. The Balaban J connectivity index is 1.29. The molecule has 0 saturated carbocycles. The van der Waals surface area contributed by atoms with Crippen LogP contribution in [0, 0.1) is 0 Å². The minimum absolute atomic E-state index is 0.501. The number of pyridine rings is 1. The molecule has 1 aliphatic rings. The molecule has 27 heavy (non-hydrogen) atoms. The average Bonchev–Trinajstić information content (AvgIpc) is 3.36. The monoisotopic (exact) mass is 413 g/mol. The Labute approximate surface area is 169 Å². The molecule has 0 radical (unpaired) electrons. The predicted molar refractivity (Wildman–Crippen MR) is 112 cm³/mol. The Morgan fingerprint density at radius 2 is 1.93 bits per heavy atom. The lowest BCUT2D eigenvalue weighted by molar-refractivity contribution is 0.503. The fourth-order valence-corrected chi connectivity index (χ4v) is 5.50. The van der Waals surface area contributed by atoms with Crippen LogP contribution in [0.2, 0.25) is 5.02 Å². The Bertz CT molecular complexity index is 1070. The smallest absolute Gasteiger partial charge is 0.208 e. The average molecular weight is 414 g/mol. The van der Waals surface area contributed by atoms with Crippen LogP contribution in [0.3, 0.4) is 0 Å². The van der Waals surface area contributed by atoms with E-state index in [1.807, 2.05) is 30.3 Å². The zero-order chi connectivity index (χ0) is 18.2. The minimum Gasteiger partial charge on any atom is -0.347 e. The number of rotatable bonds is 3. The largest absolute Gasteiger partial charge is 0.347 e. The number of nitrogens with zero attached hydrogens (tertiary/aromatic N) is 5. The van der Waals surface area contributed by atoms with Crippen LogP contribution in [-0.4, -0.2) is 33.3 Å². The molecule has 0 aliphatic carbocycles. The van der Waals surface area contributed by atoms with Gasteiger partial charge in [0, 0.05) is 30.2 Å². The second-order valence-electron chi connectivity index (χ2n) is 6.53. The van der Waals surface area contributed by atoms with E-state index in [2.05, 4.69) is 26.1 Å². The number of halogens is 1. The lowest BCUT2D eigenvalue weighted by Gasteiger charge is -2.30. The summed E-state index contributed by atoms with van der Waals surface area (Å²) in [5.41, 5.74) is 1.89. The van der Waals surface area contributed by atoms with E-state index in [-0.39, 0.29) is 0 Å². The van der Waals surface area contributed by atoms with Gasteiger partial charge in [0.05, 0.1) is 15.2 Å². The molecule has 3 aromatic heterocycles. The van der Waals surface area contributed by atoms with Gasteiger partial charge < -0.3 is 4.90 Å². The Morgan fingerprint density at radius 3 is 2.74 bits per heavy atom. The number of benzene rings is 1. The van der Waals surface area contributed by atoms with Crippen molar-refractivity contribution >= 4 is 49.6 Å². The third-order valence-corrected chi connectivity index (χ3v) is 7.22. The van der Waals surface area contributed by atoms with Gasteiger partial charge in [-0.05, 0) is 43.2 Å². The van der Waals surface area contributed by atoms with Gasteiger partial charge in [0.25, 0.3) is 0 Å². The molecular weight excluding hydrogens is 398 g/mol. The lowest BCUT2D eigenvalue weighted by atomic mass is 9.98. The first-order chi connectivity index (χ1) is 13.3. The van der Waals surface area contributed by atoms with Crippen LogP contribution in [0.5, 0.6) is 0 Å². The number of aromatic nitrogens is 4. The van der Waals surface area contributed by atoms with Crippen molar-refractivity contribution < 1.29 is 0 Å². The summed E-state index contributed by atoms with van der Waals surface area (Å²) in [4.78, 5) is 11.5. The quantitative estimate of drug-likeness (QED) is 0.459. The maximum Gasteiger partial charge on any atom is 0.208 e. The molecule has 8 heteroatoms. The van der Waals surface area contributed by atoms with Crippen molar-refractivity contribution in [3.8, 4) is 10.7 Å². The van der Waals surface area contributed by atoms with Crippen molar-refractivity contribution in [1.82, 2.24) is 20.2 Å². The SMILES string of the molecule is Clc1ccc2sc(C3CCN(c4nnc(-c5ccccn5)s4)CC3)nc2c1. The zero-order valence-electron chi connectivity index (χ0n) is 14.4. The normalized spacial score (nSPS) is 15.5. The summed E-state index contributed by atoms with van der Waals surface area (Å²) >= 11 is 9.49. The Kier molecular flexibility index (Phi) is 4.51. The first-order valence-corrected chi connectivity index (χ1v) is 10.8. The molecule has 1 aromatic carbocycles. The highest BCUT2D eigenvalue weighted by Crippen LogP contribution is 2.37. The summed E-state index contributed by atoms with van der Waals surface area (Å²) in [6, 6.07) is 11.8. The van der Waals surface area contributed by atoms with Crippen LogP contribution in [0.1, 0.15) is 23.8 Å². The fraction of sp³-hybridized carbons (Fsp3) is 0.263. The molecule has 1 saturated heterocycles. The lowest BCUT2D eigenvalue weighted by Crippen LogP contribution is -2.32. The van der Waals surface area contributed by atoms with Crippen LogP contribution in [-0.2, 0) is 0 Å². The van der Waals surface area contributed by atoms with Crippen LogP contribution in [0.4, 0.5) is 5.13 Å². The molecule has 5 nitrogen and oxygen atoms in total. The van der Waals surface area contributed by atoms with Gasteiger partial charge in [0.2, 0.25) is 5.13 Å². The molecule has 0 bridgehead atoms. The van der Waals surface area contributed by atoms with Crippen LogP contribution in [0.25, 0.3) is 20.9 Å². The van der Waals surface area contributed by atoms with Gasteiger partial charge in [-0.2, -0.15) is 0 Å². The number of piperidine rings is 1. The molecule has 0 amide bonds. The molecule has 0 N–H and O–H groups in total. The van der Waals surface area contributed by atoms with Crippen molar-refractivity contribution in [2.45, 2.75) is 18.8 Å². The zero-order valence-corrected chi connectivity index (χ0v) is 16.8. The topological polar surface area (TPSA) is 54.8 Å². The summed E-state index contributed by atoms with van der Waals surface area (Å²) in [7, 11) is 0. The molecule has 1 aliphatic heterocycles. The summed E-state index contributed by atoms with van der Waals surface area (Å²) in [6.07, 6.45) is 3.94. The first kappa shape index (κ1) is 17.0. The van der Waals surface area contributed by atoms with E-state index >= 15 is 0 Å². The number of hydrogen-bond acceptors (Lipinski definition) is 7. The number of thiazole rings is 1. The van der Waals surface area contributed by atoms with E-state index < -0.39 is 0 Å². The van der Waals surface area contributed by atoms with Gasteiger partial charge in [-0.25, -0.2) is 4.98 Å². The van der Waals surface area contributed by atoms with E-state index in [0.29, 0.717) is 5.92 Å². The van der Waals surface area contributed by atoms with E-state index in [1.165, 1.54) is 9.71 Å². The molecule has 1 fully saturated rings. The molecule has 136 valence electrons. The van der Waals surface area contributed by atoms with Crippen LogP contribution < -0.4 is 4.90 Å². The van der Waals surface area contributed by atoms with E-state index in [9.17, 15) is 0 Å². The Morgan fingerprint density at radius 1 is 1.04 bits per heavy atom. The van der Waals surface area contributed by atoms with Gasteiger partial charge in [-0.1, -0.05) is 29.0 Å². The van der Waals surface area contributed by atoms with Crippen molar-refractivity contribution in [1.29, 1.82) is 0 Å². The number of hydrogen-bond donors (Lipinski definition) is 0. The highest BCUT2D eigenvalue weighted by molar-refractivity contribution is 7.18. The fourth-order valence-electron chi connectivity index (χ4n) is 3.35. The van der Waals surface area contributed by atoms with Crippen LogP contribution in [0.15, 0.2) is 42.6 Å². The van der Waals surface area contributed by atoms with E-state index in [0.717, 1.165) is 52.3 Å². The maximum absolute atomic E-state index is 6.09. The van der Waals surface area contributed by atoms with Crippen LogP contribution >= 0.6 is 34.3 Å². The molecule has 0 spiro atoms. The number of anilines is 1. The first-order valence-electron chi connectivity index (χ1n) is 8.82. The third-order valence-electron chi connectivity index (χ3n) is 4.78. The molecular formula is C19H16ClN5S2. The number of fused-ring (bicyclic) bond motifs is 1. The molecule has 0 atom stereocenters. The molecule has 4 heterocycles. The highest BCUT2D eigenvalue weighted by atomic mass is 35.5. The molecule has 4 aromatic rings. The van der Waals surface area contributed by atoms with Crippen molar-refractivity contribution in [2.24, 2.45) is 0 Å². The molecule has 5 rings (SSSR count). The van der Waals surface area contributed by atoms with Crippen molar-refractivity contribution in [3.63, 3.8) is 0 Å². The van der Waals surface area contributed by atoms with Crippen molar-refractivity contribution in [2.75, 3.05) is 18.0 Å². The van der Waals surface area contributed by atoms with Gasteiger partial charge in [-0.15, -0.1) is 21.5 Å².